The molecule has 36 heavy (non-hydrogen) atoms. The monoisotopic (exact) mass is 511 g/mol. The van der Waals surface area contributed by atoms with Gasteiger partial charge in [-0.15, -0.1) is 0 Å². The molecule has 1 aliphatic heterocycles. The van der Waals surface area contributed by atoms with Gasteiger partial charge in [0.25, 0.3) is 0 Å². The summed E-state index contributed by atoms with van der Waals surface area (Å²) in [5.74, 6) is 0.592. The molecule has 2 fully saturated rings. The van der Waals surface area contributed by atoms with E-state index in [0.29, 0.717) is 41.7 Å². The summed E-state index contributed by atoms with van der Waals surface area (Å²) < 4.78 is 11.3. The molecule has 3 aromatic rings. The van der Waals surface area contributed by atoms with Crippen molar-refractivity contribution in [3.63, 3.8) is 0 Å². The Morgan fingerprint density at radius 2 is 1.75 bits per heavy atom. The van der Waals surface area contributed by atoms with Crippen LogP contribution in [0.2, 0.25) is 5.15 Å². The van der Waals surface area contributed by atoms with Crippen LogP contribution < -0.4 is 5.32 Å². The minimum atomic E-state index is -0.681. The number of aromatic nitrogens is 3. The number of anilines is 1. The van der Waals surface area contributed by atoms with Crippen molar-refractivity contribution in [3.8, 4) is 11.1 Å². The lowest BCUT2D eigenvalue weighted by atomic mass is 9.93. The number of benzene rings is 1. The Labute approximate surface area is 217 Å². The van der Waals surface area contributed by atoms with Gasteiger partial charge in [-0.1, -0.05) is 35.9 Å². The maximum atomic E-state index is 11.0. The first-order chi connectivity index (χ1) is 17.4. The molecule has 1 aromatic carbocycles. The molecule has 2 N–H and O–H groups in total. The van der Waals surface area contributed by atoms with Crippen LogP contribution in [0.15, 0.2) is 36.7 Å². The highest BCUT2D eigenvalue weighted by molar-refractivity contribution is 6.34. The quantitative estimate of drug-likeness (QED) is 0.455. The summed E-state index contributed by atoms with van der Waals surface area (Å²) in [7, 11) is 1.78. The molecular formula is C27H34ClN5O3. The minimum Gasteiger partial charge on any atom is -0.381 e. The highest BCUT2D eigenvalue weighted by Crippen LogP contribution is 2.32. The number of pyridine rings is 1. The first-order valence-corrected chi connectivity index (χ1v) is 13.1. The molecular weight excluding hydrogens is 478 g/mol. The van der Waals surface area contributed by atoms with E-state index in [-0.39, 0.29) is 12.2 Å². The van der Waals surface area contributed by atoms with Crippen LogP contribution in [0, 0.1) is 0 Å². The smallest absolute Gasteiger partial charge is 0.223 e. The third kappa shape index (κ3) is 5.48. The lowest BCUT2D eigenvalue weighted by Crippen LogP contribution is -2.46. The summed E-state index contributed by atoms with van der Waals surface area (Å²) in [4.78, 5) is 15.8. The SMILES string of the molecule is CO[C@H]1CC[C@H](Nc2ncc3c(Cl)ncc(-c4ccc(C(O)N5C[C@@H](C)O[C@@H](C)C5)cc4)c3n2)CC1. The van der Waals surface area contributed by atoms with Gasteiger partial charge in [0.15, 0.2) is 0 Å². The normalized spacial score (nSPS) is 26.1. The number of hydrogen-bond donors (Lipinski definition) is 2. The van der Waals surface area contributed by atoms with Crippen molar-refractivity contribution in [3.05, 3.63) is 47.4 Å². The molecule has 5 rings (SSSR count). The number of aliphatic hydroxyl groups excluding tert-OH is 1. The fraction of sp³-hybridized carbons (Fsp3) is 0.519. The zero-order chi connectivity index (χ0) is 25.2. The topological polar surface area (TPSA) is 92.6 Å². The van der Waals surface area contributed by atoms with Crippen molar-refractivity contribution >= 4 is 28.5 Å². The van der Waals surface area contributed by atoms with E-state index in [2.05, 4.69) is 20.2 Å². The third-order valence-electron chi connectivity index (χ3n) is 7.23. The van der Waals surface area contributed by atoms with E-state index in [1.54, 1.807) is 19.5 Å². The van der Waals surface area contributed by atoms with Crippen molar-refractivity contribution in [1.29, 1.82) is 0 Å². The summed E-state index contributed by atoms with van der Waals surface area (Å²) in [6, 6.07) is 8.23. The van der Waals surface area contributed by atoms with Crippen LogP contribution in [-0.4, -0.2) is 69.5 Å². The Hall–Kier alpha value is -2.36. The second-order valence-corrected chi connectivity index (χ2v) is 10.3. The predicted molar refractivity (Wildman–Crippen MR) is 141 cm³/mol. The molecule has 8 nitrogen and oxygen atoms in total. The van der Waals surface area contributed by atoms with Gasteiger partial charge in [0.2, 0.25) is 5.95 Å². The molecule has 3 atom stereocenters. The van der Waals surface area contributed by atoms with Crippen LogP contribution in [0.25, 0.3) is 22.0 Å². The van der Waals surface area contributed by atoms with Crippen molar-refractivity contribution in [1.82, 2.24) is 19.9 Å². The van der Waals surface area contributed by atoms with E-state index >= 15 is 0 Å². The average Bonchev–Trinajstić information content (AvgIpc) is 2.88. The fourth-order valence-electron chi connectivity index (χ4n) is 5.36. The van der Waals surface area contributed by atoms with Crippen molar-refractivity contribution in [2.24, 2.45) is 0 Å². The number of ether oxygens (including phenoxy) is 2. The standard InChI is InChI=1S/C27H34ClN5O3/c1-16-14-33(15-17(2)36-16)26(34)19-6-4-18(5-7-19)22-12-29-25(28)23-13-30-27(32-24(22)23)31-20-8-10-21(35-3)11-9-20/h4-7,12-13,16-17,20-21,26,34H,8-11,14-15H2,1-3H3,(H,30,31,32)/t16-,17+,20-,21-,26?. The second-order valence-electron chi connectivity index (χ2n) is 9.98. The third-order valence-corrected chi connectivity index (χ3v) is 7.53. The molecule has 1 unspecified atom stereocenters. The Balaban J connectivity index is 1.38. The number of methoxy groups -OCH3 is 1. The first kappa shape index (κ1) is 25.3. The zero-order valence-electron chi connectivity index (χ0n) is 21.0. The van der Waals surface area contributed by atoms with E-state index in [4.69, 9.17) is 26.1 Å². The summed E-state index contributed by atoms with van der Waals surface area (Å²) >= 11 is 6.39. The van der Waals surface area contributed by atoms with Crippen LogP contribution in [0.4, 0.5) is 5.95 Å². The lowest BCUT2D eigenvalue weighted by Gasteiger charge is -2.38. The second kappa shape index (κ2) is 10.9. The molecule has 192 valence electrons. The van der Waals surface area contributed by atoms with Gasteiger partial charge in [0.1, 0.15) is 11.4 Å². The van der Waals surface area contributed by atoms with Crippen LogP contribution in [0.1, 0.15) is 51.3 Å². The number of nitrogens with zero attached hydrogens (tertiary/aromatic N) is 4. The van der Waals surface area contributed by atoms with E-state index < -0.39 is 6.23 Å². The number of rotatable bonds is 6. The number of aliphatic hydroxyl groups is 1. The number of nitrogens with one attached hydrogen (secondary N) is 1. The largest absolute Gasteiger partial charge is 0.381 e. The van der Waals surface area contributed by atoms with Gasteiger partial charge in [-0.05, 0) is 50.7 Å². The Morgan fingerprint density at radius 1 is 1.06 bits per heavy atom. The molecule has 1 aliphatic carbocycles. The maximum absolute atomic E-state index is 11.0. The highest BCUT2D eigenvalue weighted by Gasteiger charge is 2.28. The molecule has 2 aromatic heterocycles. The van der Waals surface area contributed by atoms with Gasteiger partial charge in [0, 0.05) is 44.2 Å². The summed E-state index contributed by atoms with van der Waals surface area (Å²) in [5.41, 5.74) is 3.42. The van der Waals surface area contributed by atoms with Crippen LogP contribution in [0.3, 0.4) is 0 Å². The van der Waals surface area contributed by atoms with Gasteiger partial charge in [-0.3, -0.25) is 4.90 Å². The predicted octanol–water partition coefficient (Wildman–Crippen LogP) is 4.81. The van der Waals surface area contributed by atoms with Gasteiger partial charge < -0.3 is 19.9 Å². The van der Waals surface area contributed by atoms with Crippen molar-refractivity contribution < 1.29 is 14.6 Å². The van der Waals surface area contributed by atoms with Crippen LogP contribution in [-0.2, 0) is 9.47 Å². The zero-order valence-corrected chi connectivity index (χ0v) is 21.8. The Morgan fingerprint density at radius 3 is 2.42 bits per heavy atom. The number of morpholine rings is 1. The fourth-order valence-corrected chi connectivity index (χ4v) is 5.55. The molecule has 1 saturated carbocycles. The van der Waals surface area contributed by atoms with E-state index in [1.165, 1.54) is 0 Å². The van der Waals surface area contributed by atoms with Gasteiger partial charge in [0.05, 0.1) is 29.2 Å². The Bertz CT molecular complexity index is 1180. The van der Waals surface area contributed by atoms with Gasteiger partial charge in [-0.2, -0.15) is 0 Å². The molecule has 0 amide bonds. The molecule has 0 bridgehead atoms. The summed E-state index contributed by atoms with van der Waals surface area (Å²) in [6.45, 7) is 5.46. The van der Waals surface area contributed by atoms with E-state index in [1.807, 2.05) is 38.1 Å². The lowest BCUT2D eigenvalue weighted by molar-refractivity contribution is -0.121. The Kier molecular flexibility index (Phi) is 7.69. The average molecular weight is 512 g/mol. The van der Waals surface area contributed by atoms with E-state index in [9.17, 15) is 5.11 Å². The maximum Gasteiger partial charge on any atom is 0.223 e. The van der Waals surface area contributed by atoms with Gasteiger partial charge in [-0.25, -0.2) is 15.0 Å². The molecule has 2 aliphatic rings. The number of fused-ring (bicyclic) bond motifs is 1. The highest BCUT2D eigenvalue weighted by atomic mass is 35.5. The molecule has 9 heteroatoms. The van der Waals surface area contributed by atoms with Crippen LogP contribution in [0.5, 0.6) is 0 Å². The molecule has 0 spiro atoms. The van der Waals surface area contributed by atoms with Crippen molar-refractivity contribution in [2.45, 2.75) is 70.1 Å². The summed E-state index contributed by atoms with van der Waals surface area (Å²) in [6.07, 6.45) is 7.44. The molecule has 3 heterocycles. The van der Waals surface area contributed by atoms with Crippen molar-refractivity contribution in [2.75, 3.05) is 25.5 Å². The van der Waals surface area contributed by atoms with Gasteiger partial charge >= 0.3 is 0 Å². The molecule has 0 radical (unpaired) electrons. The molecule has 1 saturated heterocycles. The number of halogens is 1. The van der Waals surface area contributed by atoms with E-state index in [0.717, 1.165) is 47.9 Å². The first-order valence-electron chi connectivity index (χ1n) is 12.7. The number of hydrogen-bond acceptors (Lipinski definition) is 8. The van der Waals surface area contributed by atoms with Crippen LogP contribution >= 0.6 is 11.6 Å². The minimum absolute atomic E-state index is 0.0895. The summed E-state index contributed by atoms with van der Waals surface area (Å²) in [5, 5.41) is 15.6.